The van der Waals surface area contributed by atoms with E-state index in [0.29, 0.717) is 22.3 Å². The number of aromatic amines is 1. The molecule has 0 aliphatic carbocycles. The lowest BCUT2D eigenvalue weighted by Crippen LogP contribution is -2.51. The van der Waals surface area contributed by atoms with Crippen LogP contribution in [0, 0.1) is 11.7 Å². The van der Waals surface area contributed by atoms with E-state index >= 15 is 0 Å². The van der Waals surface area contributed by atoms with E-state index in [1.54, 1.807) is 24.0 Å². The normalized spacial score (nSPS) is 22.5. The maximum atomic E-state index is 14.6. The number of hydrogen-bond donors (Lipinski definition) is 1. The molecule has 9 nitrogen and oxygen atoms in total. The Kier molecular flexibility index (Phi) is 5.86. The van der Waals surface area contributed by atoms with Crippen molar-refractivity contribution >= 4 is 46.0 Å². The molecule has 2 saturated heterocycles. The Morgan fingerprint density at radius 3 is 2.63 bits per heavy atom. The highest BCUT2D eigenvalue weighted by atomic mass is 35.5. The van der Waals surface area contributed by atoms with Gasteiger partial charge in [-0.2, -0.15) is 5.10 Å². The van der Waals surface area contributed by atoms with Crippen LogP contribution < -0.4 is 4.90 Å². The van der Waals surface area contributed by atoms with Crippen LogP contribution in [0.5, 0.6) is 0 Å². The molecule has 0 radical (unpaired) electrons. The van der Waals surface area contributed by atoms with E-state index < -0.39 is 17.4 Å². The van der Waals surface area contributed by atoms with Crippen molar-refractivity contribution in [2.45, 2.75) is 31.4 Å². The predicted molar refractivity (Wildman–Crippen MR) is 135 cm³/mol. The number of benzene rings is 1. The van der Waals surface area contributed by atoms with Crippen LogP contribution in [0.4, 0.5) is 14.5 Å². The number of rotatable bonds is 3. The number of nitrogens with one attached hydrogen (secondary N) is 1. The molecule has 12 heteroatoms. The lowest BCUT2D eigenvalue weighted by molar-refractivity contribution is -0.132. The fraction of sp³-hybridized carbons (Fsp3) is 0.423. The zero-order valence-corrected chi connectivity index (χ0v) is 21.3. The van der Waals surface area contributed by atoms with Gasteiger partial charge in [0.2, 0.25) is 11.8 Å². The summed E-state index contributed by atoms with van der Waals surface area (Å²) in [6.45, 7) is 2.16. The molecule has 0 saturated carbocycles. The van der Waals surface area contributed by atoms with Gasteiger partial charge < -0.3 is 14.7 Å². The fourth-order valence-corrected chi connectivity index (χ4v) is 6.23. The van der Waals surface area contributed by atoms with Crippen LogP contribution in [0.1, 0.15) is 35.8 Å². The molecule has 3 aliphatic heterocycles. The van der Waals surface area contributed by atoms with E-state index in [-0.39, 0.29) is 79.9 Å². The quantitative estimate of drug-likeness (QED) is 0.548. The topological polar surface area (TPSA) is 102 Å². The van der Waals surface area contributed by atoms with Crippen molar-refractivity contribution in [1.82, 2.24) is 25.0 Å². The third kappa shape index (κ3) is 3.74. The number of pyridine rings is 1. The summed E-state index contributed by atoms with van der Waals surface area (Å²) in [5, 5.41) is 6.56. The summed E-state index contributed by atoms with van der Waals surface area (Å²) in [7, 11) is 0. The van der Waals surface area contributed by atoms with Crippen molar-refractivity contribution in [3.63, 3.8) is 0 Å². The molecule has 3 aliphatic rings. The smallest absolute Gasteiger partial charge is 0.272 e. The minimum absolute atomic E-state index is 0.0140. The lowest BCUT2D eigenvalue weighted by Gasteiger charge is -2.38. The van der Waals surface area contributed by atoms with Crippen molar-refractivity contribution in [2.75, 3.05) is 37.6 Å². The number of hydrogen-bond acceptors (Lipinski definition) is 5. The fourth-order valence-electron chi connectivity index (χ4n) is 5.89. The number of halogens is 3. The first-order valence-electron chi connectivity index (χ1n) is 12.5. The molecule has 38 heavy (non-hydrogen) atoms. The number of likely N-dealkylation sites (tertiary alicyclic amines) is 2. The molecule has 0 bridgehead atoms. The Labute approximate surface area is 221 Å². The van der Waals surface area contributed by atoms with Gasteiger partial charge in [-0.15, -0.1) is 0 Å². The van der Waals surface area contributed by atoms with Gasteiger partial charge in [-0.05, 0) is 37.1 Å². The van der Waals surface area contributed by atoms with Gasteiger partial charge in [-0.3, -0.25) is 19.5 Å². The molecule has 198 valence electrons. The van der Waals surface area contributed by atoms with Gasteiger partial charge >= 0.3 is 0 Å². The molecule has 3 aromatic rings. The molecule has 0 unspecified atom stereocenters. The van der Waals surface area contributed by atoms with E-state index in [2.05, 4.69) is 15.2 Å². The van der Waals surface area contributed by atoms with E-state index in [0.717, 1.165) is 0 Å². The van der Waals surface area contributed by atoms with Crippen LogP contribution >= 0.6 is 11.6 Å². The van der Waals surface area contributed by atoms with Crippen LogP contribution in [-0.2, 0) is 15.0 Å². The van der Waals surface area contributed by atoms with Crippen LogP contribution in [0.15, 0.2) is 30.5 Å². The molecule has 6 rings (SSSR count). The van der Waals surface area contributed by atoms with Gasteiger partial charge in [0.25, 0.3) is 5.91 Å². The van der Waals surface area contributed by atoms with Gasteiger partial charge in [0, 0.05) is 31.1 Å². The van der Waals surface area contributed by atoms with Gasteiger partial charge in [0.05, 0.1) is 34.4 Å². The number of carbonyl (C=O) groups is 3. The second-order valence-corrected chi connectivity index (χ2v) is 10.7. The van der Waals surface area contributed by atoms with E-state index in [1.807, 2.05) is 0 Å². The zero-order chi connectivity index (χ0) is 26.8. The average Bonchev–Trinajstić information content (AvgIpc) is 3.58. The third-order valence-corrected chi connectivity index (χ3v) is 8.45. The van der Waals surface area contributed by atoms with Crippen LogP contribution in [0.25, 0.3) is 11.0 Å². The molecule has 2 atom stereocenters. The van der Waals surface area contributed by atoms with Crippen LogP contribution in [0.2, 0.25) is 5.02 Å². The monoisotopic (exact) mass is 542 g/mol. The first-order valence-corrected chi connectivity index (χ1v) is 12.9. The van der Waals surface area contributed by atoms with E-state index in [4.69, 9.17) is 11.6 Å². The van der Waals surface area contributed by atoms with Crippen molar-refractivity contribution < 1.29 is 23.2 Å². The van der Waals surface area contributed by atoms with Crippen LogP contribution in [-0.4, -0.2) is 81.6 Å². The number of anilines is 1. The number of carbonyl (C=O) groups excluding carboxylic acids is 3. The number of nitrogens with zero attached hydrogens (tertiary/aromatic N) is 5. The first-order chi connectivity index (χ1) is 18.2. The lowest BCUT2D eigenvalue weighted by atomic mass is 9.73. The van der Waals surface area contributed by atoms with Crippen molar-refractivity contribution in [3.8, 4) is 0 Å². The minimum atomic E-state index is -1.17. The average molecular weight is 543 g/mol. The summed E-state index contributed by atoms with van der Waals surface area (Å²) in [4.78, 5) is 48.9. The number of fused-ring (bicyclic) bond motifs is 3. The maximum absolute atomic E-state index is 14.6. The highest BCUT2D eigenvalue weighted by Gasteiger charge is 2.54. The molecule has 2 aromatic heterocycles. The molecule has 5 heterocycles. The van der Waals surface area contributed by atoms with Gasteiger partial charge in [-0.25, -0.2) is 13.8 Å². The minimum Gasteiger partial charge on any atom is -0.338 e. The summed E-state index contributed by atoms with van der Waals surface area (Å²) in [5.41, 5.74) is 1.09. The molecular formula is C26H25ClF2N6O3. The summed E-state index contributed by atoms with van der Waals surface area (Å²) >= 11 is 6.44. The number of piperidine rings is 1. The zero-order valence-electron chi connectivity index (χ0n) is 20.6. The number of H-pyrrole nitrogens is 1. The van der Waals surface area contributed by atoms with Crippen molar-refractivity contribution in [3.05, 3.63) is 52.6 Å². The summed E-state index contributed by atoms with van der Waals surface area (Å²) < 4.78 is 28.7. The second-order valence-electron chi connectivity index (χ2n) is 10.3. The number of amides is 3. The molecule has 1 spiro atoms. The predicted octanol–water partition coefficient (Wildman–Crippen LogP) is 3.09. The number of aromatic nitrogens is 3. The van der Waals surface area contributed by atoms with E-state index in [1.165, 1.54) is 28.1 Å². The summed E-state index contributed by atoms with van der Waals surface area (Å²) in [6.07, 6.45) is 0.842. The molecule has 1 aromatic carbocycles. The number of alkyl halides is 1. The molecular weight excluding hydrogens is 518 g/mol. The van der Waals surface area contributed by atoms with E-state index in [9.17, 15) is 23.2 Å². The van der Waals surface area contributed by atoms with Gasteiger partial charge in [-0.1, -0.05) is 18.5 Å². The SMILES string of the molecule is C[C@@H]1CN(C(=O)CN2C(=O)C3(CCN(C(=O)c4ccc5[nH]ncc5n4)CC3)c3c2ccc(F)c3Cl)C[C@@H]1F. The Balaban J connectivity index is 1.26. The largest absolute Gasteiger partial charge is 0.338 e. The van der Waals surface area contributed by atoms with Crippen molar-refractivity contribution in [2.24, 2.45) is 5.92 Å². The molecule has 1 N–H and O–H groups in total. The Morgan fingerprint density at radius 2 is 1.92 bits per heavy atom. The first kappa shape index (κ1) is 24.7. The highest BCUT2D eigenvalue weighted by molar-refractivity contribution is 6.33. The van der Waals surface area contributed by atoms with Crippen LogP contribution in [0.3, 0.4) is 0 Å². The Morgan fingerprint density at radius 1 is 1.16 bits per heavy atom. The molecule has 3 amide bonds. The molecule has 2 fully saturated rings. The Bertz CT molecular complexity index is 1460. The maximum Gasteiger partial charge on any atom is 0.272 e. The third-order valence-electron chi connectivity index (χ3n) is 8.08. The summed E-state index contributed by atoms with van der Waals surface area (Å²) in [6, 6.07) is 5.98. The van der Waals surface area contributed by atoms with Gasteiger partial charge in [0.15, 0.2) is 0 Å². The van der Waals surface area contributed by atoms with Crippen molar-refractivity contribution in [1.29, 1.82) is 0 Å². The summed E-state index contributed by atoms with van der Waals surface area (Å²) in [5.74, 6) is -1.95. The highest BCUT2D eigenvalue weighted by Crippen LogP contribution is 2.51. The Hall–Kier alpha value is -3.60. The van der Waals surface area contributed by atoms with Gasteiger partial charge in [0.1, 0.15) is 29.7 Å². The second kappa shape index (κ2) is 9.00. The standard InChI is InChI=1S/C26H25ClF2N6O3/c1-14-11-34(12-16(14)29)21(36)13-35-20-5-2-15(28)23(27)22(20)26(25(35)38)6-8-33(9-7-26)24(37)18-4-3-17-19(31-18)10-30-32-17/h2-5,10,14,16H,6-9,11-13H2,1H3,(H,30,32)/t14-,16+/m1/s1.